The van der Waals surface area contributed by atoms with Crippen molar-refractivity contribution < 1.29 is 9.53 Å². The third-order valence-electron chi connectivity index (χ3n) is 5.47. The highest BCUT2D eigenvalue weighted by molar-refractivity contribution is 6.30. The molecule has 1 aromatic carbocycles. The number of nitrogens with zero attached hydrogens (tertiary/aromatic N) is 2. The molecule has 5 nitrogen and oxygen atoms in total. The molecule has 0 bridgehead atoms. The van der Waals surface area contributed by atoms with Crippen LogP contribution in [0.2, 0.25) is 5.02 Å². The van der Waals surface area contributed by atoms with Crippen molar-refractivity contribution in [2.75, 3.05) is 33.3 Å². The lowest BCUT2D eigenvalue weighted by Gasteiger charge is -2.41. The summed E-state index contributed by atoms with van der Waals surface area (Å²) in [7, 11) is 1.67. The molecule has 1 aliphatic heterocycles. The fourth-order valence-electron chi connectivity index (χ4n) is 3.93. The van der Waals surface area contributed by atoms with Crippen molar-refractivity contribution in [3.8, 4) is 5.75 Å². The zero-order valence-electron chi connectivity index (χ0n) is 15.0. The van der Waals surface area contributed by atoms with Crippen LogP contribution >= 0.6 is 11.6 Å². The number of methoxy groups -OCH3 is 1. The summed E-state index contributed by atoms with van der Waals surface area (Å²) in [6, 6.07) is 5.69. The van der Waals surface area contributed by atoms with Crippen LogP contribution in [0, 0.1) is 0 Å². The lowest BCUT2D eigenvalue weighted by molar-refractivity contribution is -0.140. The quantitative estimate of drug-likeness (QED) is 0.891. The highest BCUT2D eigenvalue weighted by Gasteiger charge is 2.39. The van der Waals surface area contributed by atoms with Gasteiger partial charge in [-0.1, -0.05) is 30.9 Å². The molecule has 1 aliphatic carbocycles. The van der Waals surface area contributed by atoms with Crippen LogP contribution in [-0.4, -0.2) is 54.5 Å². The van der Waals surface area contributed by atoms with Crippen LogP contribution in [0.15, 0.2) is 18.2 Å². The molecule has 1 aromatic rings. The minimum Gasteiger partial charge on any atom is -0.496 e. The van der Waals surface area contributed by atoms with Crippen LogP contribution < -0.4 is 10.5 Å². The van der Waals surface area contributed by atoms with Gasteiger partial charge in [-0.3, -0.25) is 9.69 Å². The van der Waals surface area contributed by atoms with E-state index in [-0.39, 0.29) is 5.91 Å². The second-order valence-corrected chi connectivity index (χ2v) is 7.68. The molecule has 0 radical (unpaired) electrons. The first-order valence-electron chi connectivity index (χ1n) is 9.15. The summed E-state index contributed by atoms with van der Waals surface area (Å²) < 4.78 is 5.43. The monoisotopic (exact) mass is 365 g/mol. The maximum absolute atomic E-state index is 12.8. The first-order valence-corrected chi connectivity index (χ1v) is 9.53. The Morgan fingerprint density at radius 1 is 1.20 bits per heavy atom. The molecule has 2 N–H and O–H groups in total. The summed E-state index contributed by atoms with van der Waals surface area (Å²) in [5.41, 5.74) is 6.86. The minimum atomic E-state index is -0.628. The van der Waals surface area contributed by atoms with Crippen LogP contribution in [-0.2, 0) is 11.3 Å². The number of rotatable bonds is 4. The largest absolute Gasteiger partial charge is 0.496 e. The number of halogens is 1. The lowest BCUT2D eigenvalue weighted by atomic mass is 9.81. The van der Waals surface area contributed by atoms with Crippen molar-refractivity contribution in [1.29, 1.82) is 0 Å². The standard InChI is InChI=1S/C19H28ClN3O2/c1-25-17-6-5-16(20)13-15(17)14-22-9-11-23(12-10-22)18(24)19(21)7-3-2-4-8-19/h5-6,13H,2-4,7-12,14,21H2,1H3. The van der Waals surface area contributed by atoms with Crippen LogP contribution in [0.25, 0.3) is 0 Å². The van der Waals surface area contributed by atoms with Crippen LogP contribution in [0.3, 0.4) is 0 Å². The van der Waals surface area contributed by atoms with Gasteiger partial charge >= 0.3 is 0 Å². The van der Waals surface area contributed by atoms with E-state index in [0.29, 0.717) is 5.02 Å². The summed E-state index contributed by atoms with van der Waals surface area (Å²) >= 11 is 6.12. The molecule has 1 saturated heterocycles. The SMILES string of the molecule is COc1ccc(Cl)cc1CN1CCN(C(=O)C2(N)CCCCC2)CC1. The summed E-state index contributed by atoms with van der Waals surface area (Å²) in [6.45, 7) is 3.94. The molecule has 2 fully saturated rings. The molecule has 2 aliphatic rings. The van der Waals surface area contributed by atoms with Gasteiger partial charge in [0.25, 0.3) is 0 Å². The van der Waals surface area contributed by atoms with E-state index in [1.807, 2.05) is 23.1 Å². The Balaban J connectivity index is 1.57. The van der Waals surface area contributed by atoms with E-state index in [1.54, 1.807) is 7.11 Å². The van der Waals surface area contributed by atoms with Crippen molar-refractivity contribution in [3.05, 3.63) is 28.8 Å². The summed E-state index contributed by atoms with van der Waals surface area (Å²) in [5, 5.41) is 0.715. The van der Waals surface area contributed by atoms with Gasteiger partial charge in [-0.2, -0.15) is 0 Å². The van der Waals surface area contributed by atoms with Gasteiger partial charge in [0.1, 0.15) is 5.75 Å². The molecule has 25 heavy (non-hydrogen) atoms. The molecule has 1 heterocycles. The average molecular weight is 366 g/mol. The summed E-state index contributed by atoms with van der Waals surface area (Å²) in [4.78, 5) is 17.1. The van der Waals surface area contributed by atoms with E-state index < -0.39 is 5.54 Å². The van der Waals surface area contributed by atoms with Crippen LogP contribution in [0.5, 0.6) is 5.75 Å². The topological polar surface area (TPSA) is 58.8 Å². The van der Waals surface area contributed by atoms with Gasteiger partial charge in [0.2, 0.25) is 5.91 Å². The normalized spacial score (nSPS) is 21.2. The molecule has 0 unspecified atom stereocenters. The summed E-state index contributed by atoms with van der Waals surface area (Å²) in [6.07, 6.45) is 4.98. The van der Waals surface area contributed by atoms with Crippen molar-refractivity contribution in [2.45, 2.75) is 44.2 Å². The second kappa shape index (κ2) is 7.94. The third-order valence-corrected chi connectivity index (χ3v) is 5.70. The van der Waals surface area contributed by atoms with Crippen molar-refractivity contribution in [1.82, 2.24) is 9.80 Å². The molecular weight excluding hydrogens is 338 g/mol. The number of carbonyl (C=O) groups excluding carboxylic acids is 1. The Hall–Kier alpha value is -1.30. The van der Waals surface area contributed by atoms with E-state index in [1.165, 1.54) is 6.42 Å². The Morgan fingerprint density at radius 3 is 2.52 bits per heavy atom. The molecule has 3 rings (SSSR count). The first-order chi connectivity index (χ1) is 12.0. The molecular formula is C19H28ClN3O2. The zero-order chi connectivity index (χ0) is 17.9. The first kappa shape index (κ1) is 18.5. The minimum absolute atomic E-state index is 0.146. The van der Waals surface area contributed by atoms with E-state index in [0.717, 1.165) is 69.7 Å². The van der Waals surface area contributed by atoms with Crippen molar-refractivity contribution >= 4 is 17.5 Å². The lowest BCUT2D eigenvalue weighted by Crippen LogP contribution is -2.60. The van der Waals surface area contributed by atoms with Gasteiger partial charge in [-0.25, -0.2) is 0 Å². The number of hydrogen-bond acceptors (Lipinski definition) is 4. The fourth-order valence-corrected chi connectivity index (χ4v) is 4.13. The second-order valence-electron chi connectivity index (χ2n) is 7.24. The van der Waals surface area contributed by atoms with Gasteiger partial charge in [-0.15, -0.1) is 0 Å². The van der Waals surface area contributed by atoms with Gasteiger partial charge < -0.3 is 15.4 Å². The van der Waals surface area contributed by atoms with Gasteiger partial charge in [0, 0.05) is 43.3 Å². The number of hydrogen-bond donors (Lipinski definition) is 1. The van der Waals surface area contributed by atoms with Crippen molar-refractivity contribution in [3.63, 3.8) is 0 Å². The number of ether oxygens (including phenoxy) is 1. The van der Waals surface area contributed by atoms with E-state index >= 15 is 0 Å². The number of piperazine rings is 1. The number of nitrogens with two attached hydrogens (primary N) is 1. The number of amides is 1. The Bertz CT molecular complexity index is 609. The predicted molar refractivity (Wildman–Crippen MR) is 99.9 cm³/mol. The Morgan fingerprint density at radius 2 is 1.88 bits per heavy atom. The molecule has 1 amide bonds. The molecule has 138 valence electrons. The number of benzene rings is 1. The molecule has 0 aromatic heterocycles. The Labute approximate surface area is 155 Å². The average Bonchev–Trinajstić information content (AvgIpc) is 2.63. The summed E-state index contributed by atoms with van der Waals surface area (Å²) in [5.74, 6) is 0.998. The fraction of sp³-hybridized carbons (Fsp3) is 0.632. The molecule has 6 heteroatoms. The maximum atomic E-state index is 12.8. The van der Waals surface area contributed by atoms with Gasteiger partial charge in [0.15, 0.2) is 0 Å². The molecule has 1 saturated carbocycles. The van der Waals surface area contributed by atoms with E-state index in [2.05, 4.69) is 4.90 Å². The molecule has 0 spiro atoms. The number of carbonyl (C=O) groups is 1. The smallest absolute Gasteiger partial charge is 0.242 e. The zero-order valence-corrected chi connectivity index (χ0v) is 15.7. The highest BCUT2D eigenvalue weighted by atomic mass is 35.5. The van der Waals surface area contributed by atoms with E-state index in [4.69, 9.17) is 22.1 Å². The van der Waals surface area contributed by atoms with Crippen molar-refractivity contribution in [2.24, 2.45) is 5.73 Å². The molecule has 0 atom stereocenters. The van der Waals surface area contributed by atoms with Crippen LogP contribution in [0.4, 0.5) is 0 Å². The van der Waals surface area contributed by atoms with Crippen LogP contribution in [0.1, 0.15) is 37.7 Å². The highest BCUT2D eigenvalue weighted by Crippen LogP contribution is 2.29. The van der Waals surface area contributed by atoms with E-state index in [9.17, 15) is 4.79 Å². The maximum Gasteiger partial charge on any atom is 0.242 e. The van der Waals surface area contributed by atoms with Gasteiger partial charge in [0.05, 0.1) is 12.6 Å². The Kier molecular flexibility index (Phi) is 5.87. The third kappa shape index (κ3) is 4.27. The predicted octanol–water partition coefficient (Wildman–Crippen LogP) is 2.65. The van der Waals surface area contributed by atoms with Gasteiger partial charge in [-0.05, 0) is 31.0 Å².